The monoisotopic (exact) mass is 425 g/mol. The van der Waals surface area contributed by atoms with Gasteiger partial charge in [0.1, 0.15) is 18.0 Å². The van der Waals surface area contributed by atoms with Crippen molar-refractivity contribution in [3.8, 4) is 0 Å². The van der Waals surface area contributed by atoms with E-state index in [2.05, 4.69) is 25.6 Å². The lowest BCUT2D eigenvalue weighted by atomic mass is 9.96. The van der Waals surface area contributed by atoms with Gasteiger partial charge in [-0.3, -0.25) is 0 Å². The molecule has 162 valence electrons. The van der Waals surface area contributed by atoms with E-state index in [1.807, 2.05) is 37.3 Å². The third-order valence-electron chi connectivity index (χ3n) is 4.87. The Labute approximate surface area is 171 Å². The molecule has 0 radical (unpaired) electrons. The van der Waals surface area contributed by atoms with Crippen LogP contribution in [0.1, 0.15) is 50.5 Å². The van der Waals surface area contributed by atoms with Crippen LogP contribution in [0.2, 0.25) is 0 Å². The number of halogens is 4. The second-order valence-corrected chi connectivity index (χ2v) is 7.23. The van der Waals surface area contributed by atoms with Crippen LogP contribution in [0, 0.1) is 0 Å². The van der Waals surface area contributed by atoms with Crippen molar-refractivity contribution in [2.24, 2.45) is 0 Å². The van der Waals surface area contributed by atoms with Gasteiger partial charge in [-0.15, -0.1) is 0 Å². The van der Waals surface area contributed by atoms with E-state index >= 15 is 0 Å². The number of hydrogen-bond acceptors (Lipinski definition) is 6. The summed E-state index contributed by atoms with van der Waals surface area (Å²) in [5.74, 6) is -1.17. The summed E-state index contributed by atoms with van der Waals surface area (Å²) in [5.41, 5.74) is 0.991. The van der Waals surface area contributed by atoms with Crippen LogP contribution < -0.4 is 10.6 Å². The maximum Gasteiger partial charge on any atom is 0.408 e. The molecule has 3 atom stereocenters. The van der Waals surface area contributed by atoms with Crippen molar-refractivity contribution in [2.45, 2.75) is 57.5 Å². The number of allylic oxidation sites excluding steroid dienone is 1. The molecule has 3 N–H and O–H groups in total. The molecule has 10 heteroatoms. The normalized spacial score (nSPS) is 19.4. The van der Waals surface area contributed by atoms with Crippen LogP contribution in [0.3, 0.4) is 0 Å². The van der Waals surface area contributed by atoms with E-state index in [0.717, 1.165) is 12.5 Å². The molecule has 1 heterocycles. The average Bonchev–Trinajstić information content (AvgIpc) is 2.69. The van der Waals surface area contributed by atoms with Gasteiger partial charge in [-0.05, 0) is 38.7 Å². The van der Waals surface area contributed by atoms with Crippen LogP contribution in [0.15, 0.2) is 36.2 Å². The highest BCUT2D eigenvalue weighted by Crippen LogP contribution is 2.33. The Morgan fingerprint density at radius 1 is 1.03 bits per heavy atom. The van der Waals surface area contributed by atoms with Gasteiger partial charge < -0.3 is 15.7 Å². The summed E-state index contributed by atoms with van der Waals surface area (Å²) in [7, 11) is 0. The Kier molecular flexibility index (Phi) is 6.55. The van der Waals surface area contributed by atoms with Crippen molar-refractivity contribution >= 4 is 17.5 Å². The second kappa shape index (κ2) is 8.95. The first-order valence-corrected chi connectivity index (χ1v) is 9.63. The molecule has 0 aliphatic heterocycles. The maximum absolute atomic E-state index is 14.5. The fourth-order valence-corrected chi connectivity index (χ4v) is 3.07. The minimum absolute atomic E-state index is 0.00795. The SMILES string of the molecule is CC(Nc1nc(N[C@H](C)c2ccccc2)nc(C2=C(F)C(O)CCC2)n1)C(F)(F)F. The van der Waals surface area contributed by atoms with Gasteiger partial charge in [0.15, 0.2) is 5.82 Å². The van der Waals surface area contributed by atoms with Crippen LogP contribution in [-0.2, 0) is 0 Å². The third-order valence-corrected chi connectivity index (χ3v) is 4.87. The fourth-order valence-electron chi connectivity index (χ4n) is 3.07. The van der Waals surface area contributed by atoms with Crippen molar-refractivity contribution in [3.05, 3.63) is 47.5 Å². The number of aromatic nitrogens is 3. The van der Waals surface area contributed by atoms with Gasteiger partial charge in [-0.1, -0.05) is 30.3 Å². The average molecular weight is 425 g/mol. The number of hydrogen-bond donors (Lipinski definition) is 3. The molecule has 0 amide bonds. The minimum Gasteiger partial charge on any atom is -0.386 e. The van der Waals surface area contributed by atoms with Gasteiger partial charge in [-0.25, -0.2) is 4.39 Å². The smallest absolute Gasteiger partial charge is 0.386 e. The quantitative estimate of drug-likeness (QED) is 0.586. The molecule has 0 saturated heterocycles. The fraction of sp³-hybridized carbons (Fsp3) is 0.450. The standard InChI is InChI=1S/C20H23F4N5O/c1-11(13-7-4-3-5-8-13)25-18-27-17(14-9-6-10-15(30)16(14)21)28-19(29-18)26-12(2)20(22,23)24/h3-5,7-8,11-12,15,30H,6,9-10H2,1-2H3,(H2,25,26,27,28,29)/t11-,12?,15?/m1/s1. The molecule has 6 nitrogen and oxygen atoms in total. The number of aliphatic hydroxyl groups excluding tert-OH is 1. The lowest BCUT2D eigenvalue weighted by Gasteiger charge is -2.21. The first-order valence-electron chi connectivity index (χ1n) is 9.63. The second-order valence-electron chi connectivity index (χ2n) is 7.23. The summed E-state index contributed by atoms with van der Waals surface area (Å²) in [6.07, 6.45) is -4.72. The van der Waals surface area contributed by atoms with Crippen LogP contribution in [-0.4, -0.2) is 38.4 Å². The van der Waals surface area contributed by atoms with Gasteiger partial charge in [-0.2, -0.15) is 28.1 Å². The molecule has 1 aliphatic carbocycles. The molecule has 1 aromatic heterocycles. The molecule has 30 heavy (non-hydrogen) atoms. The van der Waals surface area contributed by atoms with Crippen LogP contribution in [0.25, 0.3) is 5.57 Å². The van der Waals surface area contributed by atoms with E-state index in [0.29, 0.717) is 6.42 Å². The molecule has 0 spiro atoms. The highest BCUT2D eigenvalue weighted by atomic mass is 19.4. The minimum atomic E-state index is -4.51. The predicted octanol–water partition coefficient (Wildman–Crippen LogP) is 4.63. The summed E-state index contributed by atoms with van der Waals surface area (Å²) in [6, 6.07) is 7.16. The van der Waals surface area contributed by atoms with Crippen molar-refractivity contribution in [2.75, 3.05) is 10.6 Å². The number of aliphatic hydroxyl groups is 1. The highest BCUT2D eigenvalue weighted by molar-refractivity contribution is 5.65. The van der Waals surface area contributed by atoms with Crippen molar-refractivity contribution in [3.63, 3.8) is 0 Å². The third kappa shape index (κ3) is 5.24. The topological polar surface area (TPSA) is 83.0 Å². The van der Waals surface area contributed by atoms with E-state index in [1.165, 1.54) is 0 Å². The Bertz CT molecular complexity index is 904. The first kappa shape index (κ1) is 21.9. The molecule has 2 aromatic rings. The van der Waals surface area contributed by atoms with Crippen LogP contribution in [0.5, 0.6) is 0 Å². The highest BCUT2D eigenvalue weighted by Gasteiger charge is 2.36. The molecule has 0 fully saturated rings. The zero-order valence-corrected chi connectivity index (χ0v) is 16.5. The Morgan fingerprint density at radius 3 is 2.30 bits per heavy atom. The molecule has 1 aliphatic rings. The van der Waals surface area contributed by atoms with Gasteiger partial charge >= 0.3 is 6.18 Å². The first-order chi connectivity index (χ1) is 14.1. The van der Waals surface area contributed by atoms with Crippen LogP contribution >= 0.6 is 0 Å². The molecular weight excluding hydrogens is 402 g/mol. The van der Waals surface area contributed by atoms with Gasteiger partial charge in [0.05, 0.1) is 6.04 Å². The zero-order valence-electron chi connectivity index (χ0n) is 16.5. The molecule has 1 aromatic carbocycles. The molecule has 0 bridgehead atoms. The molecule has 2 unspecified atom stereocenters. The number of benzene rings is 1. The molecular formula is C20H23F4N5O. The lowest BCUT2D eigenvalue weighted by molar-refractivity contribution is -0.138. The Morgan fingerprint density at radius 2 is 1.67 bits per heavy atom. The van der Waals surface area contributed by atoms with E-state index in [4.69, 9.17) is 0 Å². The van der Waals surface area contributed by atoms with Gasteiger partial charge in [0.25, 0.3) is 0 Å². The van der Waals surface area contributed by atoms with E-state index in [-0.39, 0.29) is 42.2 Å². The number of nitrogens with one attached hydrogen (secondary N) is 2. The van der Waals surface area contributed by atoms with Crippen LogP contribution in [0.4, 0.5) is 29.5 Å². The summed E-state index contributed by atoms with van der Waals surface area (Å²) < 4.78 is 53.4. The summed E-state index contributed by atoms with van der Waals surface area (Å²) in [5, 5.41) is 15.0. The predicted molar refractivity (Wildman–Crippen MR) is 105 cm³/mol. The Balaban J connectivity index is 1.97. The molecule has 3 rings (SSSR count). The number of rotatable bonds is 6. The van der Waals surface area contributed by atoms with Gasteiger partial charge in [0.2, 0.25) is 11.9 Å². The summed E-state index contributed by atoms with van der Waals surface area (Å²) in [4.78, 5) is 12.2. The zero-order chi connectivity index (χ0) is 21.9. The van der Waals surface area contributed by atoms with Gasteiger partial charge in [0, 0.05) is 5.57 Å². The summed E-state index contributed by atoms with van der Waals surface area (Å²) in [6.45, 7) is 2.78. The Hall–Kier alpha value is -2.75. The summed E-state index contributed by atoms with van der Waals surface area (Å²) >= 11 is 0. The lowest BCUT2D eigenvalue weighted by Crippen LogP contribution is -2.34. The maximum atomic E-state index is 14.5. The van der Waals surface area contributed by atoms with E-state index in [9.17, 15) is 22.7 Å². The molecule has 0 saturated carbocycles. The van der Waals surface area contributed by atoms with E-state index in [1.54, 1.807) is 0 Å². The van der Waals surface area contributed by atoms with Crippen molar-refractivity contribution < 1.29 is 22.7 Å². The number of anilines is 2. The number of nitrogens with zero attached hydrogens (tertiary/aromatic N) is 3. The largest absolute Gasteiger partial charge is 0.408 e. The van der Waals surface area contributed by atoms with E-state index < -0.39 is 24.1 Å². The number of alkyl halides is 3. The van der Waals surface area contributed by atoms with Crippen molar-refractivity contribution in [1.29, 1.82) is 0 Å². The van der Waals surface area contributed by atoms with Crippen molar-refractivity contribution in [1.82, 2.24) is 15.0 Å².